The number of benzene rings is 1. The van der Waals surface area contributed by atoms with E-state index in [1.165, 1.54) is 28.4 Å². The SMILES string of the molecule is O=C1C(c2cccs2)=C(N2CCCC2)C(=O)N1Cc1ccc(F)cc1. The van der Waals surface area contributed by atoms with Crippen LogP contribution in [0, 0.1) is 5.82 Å². The Morgan fingerprint density at radius 2 is 1.72 bits per heavy atom. The lowest BCUT2D eigenvalue weighted by Crippen LogP contribution is -2.34. The van der Waals surface area contributed by atoms with Crippen LogP contribution in [0.3, 0.4) is 0 Å². The molecule has 4 rings (SSSR count). The van der Waals surface area contributed by atoms with E-state index in [9.17, 15) is 14.0 Å². The molecule has 0 N–H and O–H groups in total. The highest BCUT2D eigenvalue weighted by Gasteiger charge is 2.42. The monoisotopic (exact) mass is 356 g/mol. The third-order valence-corrected chi connectivity index (χ3v) is 5.47. The summed E-state index contributed by atoms with van der Waals surface area (Å²) in [5.41, 5.74) is 1.76. The Balaban J connectivity index is 1.69. The minimum Gasteiger partial charge on any atom is -0.366 e. The zero-order valence-electron chi connectivity index (χ0n) is 13.6. The number of amides is 2. The van der Waals surface area contributed by atoms with Crippen molar-refractivity contribution in [1.82, 2.24) is 9.80 Å². The van der Waals surface area contributed by atoms with E-state index in [-0.39, 0.29) is 24.2 Å². The number of likely N-dealkylation sites (tertiary alicyclic amines) is 1. The number of hydrogen-bond acceptors (Lipinski definition) is 4. The van der Waals surface area contributed by atoms with Gasteiger partial charge in [-0.2, -0.15) is 0 Å². The first kappa shape index (κ1) is 16.0. The number of thiophene rings is 1. The Labute approximate surface area is 149 Å². The number of hydrogen-bond donors (Lipinski definition) is 0. The predicted molar refractivity (Wildman–Crippen MR) is 94.0 cm³/mol. The van der Waals surface area contributed by atoms with Crippen LogP contribution >= 0.6 is 11.3 Å². The van der Waals surface area contributed by atoms with Gasteiger partial charge in [-0.1, -0.05) is 18.2 Å². The molecule has 1 aromatic heterocycles. The van der Waals surface area contributed by atoms with Crippen LogP contribution in [0.4, 0.5) is 4.39 Å². The van der Waals surface area contributed by atoms with Crippen LogP contribution < -0.4 is 0 Å². The summed E-state index contributed by atoms with van der Waals surface area (Å²) in [6.07, 6.45) is 2.06. The normalized spacial score (nSPS) is 18.0. The summed E-state index contributed by atoms with van der Waals surface area (Å²) in [5, 5.41) is 1.91. The molecule has 0 saturated carbocycles. The number of rotatable bonds is 4. The second-order valence-electron chi connectivity index (χ2n) is 6.22. The van der Waals surface area contributed by atoms with Gasteiger partial charge in [-0.05, 0) is 42.0 Å². The van der Waals surface area contributed by atoms with E-state index in [0.717, 1.165) is 36.4 Å². The molecule has 0 atom stereocenters. The molecule has 0 spiro atoms. The summed E-state index contributed by atoms with van der Waals surface area (Å²) in [4.78, 5) is 30.1. The van der Waals surface area contributed by atoms with Gasteiger partial charge in [0.25, 0.3) is 11.8 Å². The molecule has 128 valence electrons. The predicted octanol–water partition coefficient (Wildman–Crippen LogP) is 3.26. The Hall–Kier alpha value is -2.47. The lowest BCUT2D eigenvalue weighted by atomic mass is 10.1. The van der Waals surface area contributed by atoms with Crippen LogP contribution in [0.2, 0.25) is 0 Å². The number of carbonyl (C=O) groups is 2. The van der Waals surface area contributed by atoms with Crippen molar-refractivity contribution in [3.8, 4) is 0 Å². The van der Waals surface area contributed by atoms with E-state index in [0.29, 0.717) is 11.3 Å². The molecule has 3 heterocycles. The summed E-state index contributed by atoms with van der Waals surface area (Å²) in [5.74, 6) is -0.851. The fraction of sp³-hybridized carbons (Fsp3) is 0.263. The van der Waals surface area contributed by atoms with E-state index >= 15 is 0 Å². The van der Waals surface area contributed by atoms with Crippen LogP contribution in [0.15, 0.2) is 47.5 Å². The molecule has 0 radical (unpaired) electrons. The van der Waals surface area contributed by atoms with Gasteiger partial charge in [0, 0.05) is 18.0 Å². The molecule has 1 aromatic carbocycles. The summed E-state index contributed by atoms with van der Waals surface area (Å²) < 4.78 is 13.1. The molecule has 2 amide bonds. The molecule has 0 unspecified atom stereocenters. The van der Waals surface area contributed by atoms with Crippen molar-refractivity contribution in [2.24, 2.45) is 0 Å². The van der Waals surface area contributed by atoms with E-state index in [1.807, 2.05) is 22.4 Å². The first-order valence-electron chi connectivity index (χ1n) is 8.29. The second kappa shape index (κ2) is 6.44. The van der Waals surface area contributed by atoms with Crippen molar-refractivity contribution in [3.63, 3.8) is 0 Å². The Bertz CT molecular complexity index is 837. The van der Waals surface area contributed by atoms with E-state index in [1.54, 1.807) is 12.1 Å². The van der Waals surface area contributed by atoms with E-state index in [4.69, 9.17) is 0 Å². The van der Waals surface area contributed by atoms with Crippen molar-refractivity contribution in [2.45, 2.75) is 19.4 Å². The number of halogens is 1. The highest BCUT2D eigenvalue weighted by atomic mass is 32.1. The maximum Gasteiger partial charge on any atom is 0.278 e. The van der Waals surface area contributed by atoms with Gasteiger partial charge < -0.3 is 4.90 Å². The average molecular weight is 356 g/mol. The summed E-state index contributed by atoms with van der Waals surface area (Å²) in [6.45, 7) is 1.76. The fourth-order valence-electron chi connectivity index (χ4n) is 3.36. The van der Waals surface area contributed by atoms with E-state index < -0.39 is 0 Å². The molecule has 0 bridgehead atoms. The zero-order valence-corrected chi connectivity index (χ0v) is 14.4. The maximum absolute atomic E-state index is 13.1. The van der Waals surface area contributed by atoms with Crippen LogP contribution in [-0.4, -0.2) is 34.7 Å². The van der Waals surface area contributed by atoms with Crippen LogP contribution in [-0.2, 0) is 16.1 Å². The van der Waals surface area contributed by atoms with E-state index in [2.05, 4.69) is 0 Å². The molecule has 2 aliphatic heterocycles. The zero-order chi connectivity index (χ0) is 17.4. The molecular formula is C19H17FN2O2S. The molecule has 2 aromatic rings. The molecule has 2 aliphatic rings. The average Bonchev–Trinajstić information content (AvgIpc) is 3.34. The minimum absolute atomic E-state index is 0.157. The minimum atomic E-state index is -0.335. The van der Waals surface area contributed by atoms with Gasteiger partial charge in [-0.3, -0.25) is 14.5 Å². The molecule has 1 fully saturated rings. The second-order valence-corrected chi connectivity index (χ2v) is 7.17. The summed E-state index contributed by atoms with van der Waals surface area (Å²) >= 11 is 1.46. The van der Waals surface area contributed by atoms with Gasteiger partial charge in [0.1, 0.15) is 11.5 Å². The van der Waals surface area contributed by atoms with Gasteiger partial charge in [0.05, 0.1) is 12.1 Å². The van der Waals surface area contributed by atoms with Crippen molar-refractivity contribution in [2.75, 3.05) is 13.1 Å². The maximum atomic E-state index is 13.1. The van der Waals surface area contributed by atoms with Crippen molar-refractivity contribution >= 4 is 28.7 Å². The lowest BCUT2D eigenvalue weighted by molar-refractivity contribution is -0.138. The molecule has 0 aliphatic carbocycles. The summed E-state index contributed by atoms with van der Waals surface area (Å²) in [7, 11) is 0. The standard InChI is InChI=1S/C19H17FN2O2S/c20-14-7-5-13(6-8-14)12-22-18(23)16(15-4-3-11-25-15)17(19(22)24)21-9-1-2-10-21/h3-8,11H,1-2,9-10,12H2. The highest BCUT2D eigenvalue weighted by Crippen LogP contribution is 2.35. The first-order valence-corrected chi connectivity index (χ1v) is 9.17. The molecule has 1 saturated heterocycles. The molecule has 6 heteroatoms. The summed E-state index contributed by atoms with van der Waals surface area (Å²) in [6, 6.07) is 9.66. The Morgan fingerprint density at radius 1 is 1.00 bits per heavy atom. The molecule has 4 nitrogen and oxygen atoms in total. The smallest absolute Gasteiger partial charge is 0.278 e. The number of carbonyl (C=O) groups excluding carboxylic acids is 2. The fourth-order valence-corrected chi connectivity index (χ4v) is 4.12. The van der Waals surface area contributed by atoms with Crippen LogP contribution in [0.5, 0.6) is 0 Å². The van der Waals surface area contributed by atoms with Crippen molar-refractivity contribution < 1.29 is 14.0 Å². The third-order valence-electron chi connectivity index (χ3n) is 4.59. The number of nitrogens with zero attached hydrogens (tertiary/aromatic N) is 2. The van der Waals surface area contributed by atoms with Crippen molar-refractivity contribution in [1.29, 1.82) is 0 Å². The van der Waals surface area contributed by atoms with Gasteiger partial charge >= 0.3 is 0 Å². The van der Waals surface area contributed by atoms with Gasteiger partial charge in [0.15, 0.2) is 0 Å². The van der Waals surface area contributed by atoms with Crippen LogP contribution in [0.25, 0.3) is 5.57 Å². The molecular weight excluding hydrogens is 339 g/mol. The van der Waals surface area contributed by atoms with Crippen molar-refractivity contribution in [3.05, 3.63) is 63.7 Å². The largest absolute Gasteiger partial charge is 0.366 e. The quantitative estimate of drug-likeness (QED) is 0.790. The third kappa shape index (κ3) is 2.87. The van der Waals surface area contributed by atoms with Gasteiger partial charge in [-0.25, -0.2) is 4.39 Å². The van der Waals surface area contributed by atoms with Gasteiger partial charge in [-0.15, -0.1) is 11.3 Å². The van der Waals surface area contributed by atoms with Crippen LogP contribution in [0.1, 0.15) is 23.3 Å². The lowest BCUT2D eigenvalue weighted by Gasteiger charge is -2.20. The Kier molecular flexibility index (Phi) is 4.13. The number of imide groups is 1. The van der Waals surface area contributed by atoms with Gasteiger partial charge in [0.2, 0.25) is 0 Å². The Morgan fingerprint density at radius 3 is 2.36 bits per heavy atom. The first-order chi connectivity index (χ1) is 12.1. The topological polar surface area (TPSA) is 40.6 Å². The highest BCUT2D eigenvalue weighted by molar-refractivity contribution is 7.11. The molecule has 25 heavy (non-hydrogen) atoms.